The predicted molar refractivity (Wildman–Crippen MR) is 79.8 cm³/mol. The fourth-order valence-corrected chi connectivity index (χ4v) is 4.24. The third-order valence-corrected chi connectivity index (χ3v) is 6.04. The summed E-state index contributed by atoms with van der Waals surface area (Å²) in [5.74, 6) is -3.92. The van der Waals surface area contributed by atoms with Gasteiger partial charge >= 0.3 is 5.51 Å². The molecular formula is C15H16F5NO4S. The molecule has 1 fully saturated rings. The molecule has 2 aliphatic rings. The van der Waals surface area contributed by atoms with Crippen LogP contribution in [0.2, 0.25) is 0 Å². The van der Waals surface area contributed by atoms with Crippen LogP contribution in [0.3, 0.4) is 0 Å². The topological polar surface area (TPSA) is 75.6 Å². The van der Waals surface area contributed by atoms with Crippen LogP contribution >= 0.6 is 0 Å². The standard InChI is InChI=1S/C15H16F5NO4S/c16-14(17)6-9-10(25-8-2-1-5-21-7-8)3-4-11(12(9)13(14)22)26(23,24)15(18,19)20/h3-4,8,13,21-22H,1-2,5-7H2. The van der Waals surface area contributed by atoms with Crippen molar-refractivity contribution in [2.45, 2.75) is 47.8 Å². The van der Waals surface area contributed by atoms with Crippen molar-refractivity contribution < 1.29 is 40.2 Å². The first kappa shape index (κ1) is 19.3. The van der Waals surface area contributed by atoms with Crippen molar-refractivity contribution >= 4 is 9.84 Å². The molecule has 1 aromatic carbocycles. The van der Waals surface area contributed by atoms with Crippen LogP contribution in [0.25, 0.3) is 0 Å². The van der Waals surface area contributed by atoms with Crippen LogP contribution in [-0.2, 0) is 16.3 Å². The average Bonchev–Trinajstić information content (AvgIpc) is 2.78. The fraction of sp³-hybridized carbons (Fsp3) is 0.600. The molecule has 2 unspecified atom stereocenters. The zero-order chi connectivity index (χ0) is 19.3. The number of nitrogens with one attached hydrogen (secondary N) is 1. The molecule has 0 amide bonds. The Kier molecular flexibility index (Phi) is 4.68. The van der Waals surface area contributed by atoms with Gasteiger partial charge in [0.05, 0.1) is 4.90 Å². The molecule has 26 heavy (non-hydrogen) atoms. The molecule has 1 aromatic rings. The average molecular weight is 401 g/mol. The Bertz CT molecular complexity index is 803. The van der Waals surface area contributed by atoms with E-state index in [-0.39, 0.29) is 11.9 Å². The van der Waals surface area contributed by atoms with Gasteiger partial charge in [0.1, 0.15) is 18.0 Å². The summed E-state index contributed by atoms with van der Waals surface area (Å²) in [4.78, 5) is -1.36. The second-order valence-electron chi connectivity index (χ2n) is 6.33. The van der Waals surface area contributed by atoms with Crippen LogP contribution in [0, 0.1) is 0 Å². The van der Waals surface area contributed by atoms with Gasteiger partial charge < -0.3 is 15.2 Å². The molecule has 2 N–H and O–H groups in total. The molecule has 0 saturated carbocycles. The van der Waals surface area contributed by atoms with Gasteiger partial charge in [-0.1, -0.05) is 0 Å². The van der Waals surface area contributed by atoms with E-state index in [1.807, 2.05) is 0 Å². The van der Waals surface area contributed by atoms with Crippen LogP contribution in [0.15, 0.2) is 17.0 Å². The van der Waals surface area contributed by atoms with Gasteiger partial charge in [-0.2, -0.15) is 13.2 Å². The second-order valence-corrected chi connectivity index (χ2v) is 8.24. The molecule has 146 valence electrons. The lowest BCUT2D eigenvalue weighted by Gasteiger charge is -2.25. The highest BCUT2D eigenvalue weighted by molar-refractivity contribution is 7.92. The zero-order valence-electron chi connectivity index (χ0n) is 13.3. The van der Waals surface area contributed by atoms with Gasteiger partial charge in [0.15, 0.2) is 0 Å². The summed E-state index contributed by atoms with van der Waals surface area (Å²) in [5, 5.41) is 12.8. The van der Waals surface area contributed by atoms with Crippen LogP contribution in [-0.4, -0.2) is 44.1 Å². The quantitative estimate of drug-likeness (QED) is 0.761. The Hall–Kier alpha value is -1.46. The van der Waals surface area contributed by atoms with Gasteiger partial charge in [0.2, 0.25) is 0 Å². The first-order chi connectivity index (χ1) is 11.9. The lowest BCUT2D eigenvalue weighted by atomic mass is 10.1. The monoisotopic (exact) mass is 401 g/mol. The van der Waals surface area contributed by atoms with Gasteiger partial charge in [-0.25, -0.2) is 17.2 Å². The van der Waals surface area contributed by atoms with E-state index in [1.165, 1.54) is 0 Å². The van der Waals surface area contributed by atoms with Crippen molar-refractivity contribution in [3.8, 4) is 5.75 Å². The lowest BCUT2D eigenvalue weighted by molar-refractivity contribution is -0.0978. The molecule has 0 aromatic heterocycles. The Morgan fingerprint density at radius 3 is 2.54 bits per heavy atom. The third kappa shape index (κ3) is 3.16. The Labute approximate surface area is 146 Å². The Morgan fingerprint density at radius 1 is 1.27 bits per heavy atom. The highest BCUT2D eigenvalue weighted by Gasteiger charge is 2.55. The maximum atomic E-state index is 14.0. The summed E-state index contributed by atoms with van der Waals surface area (Å²) >= 11 is 0. The fourth-order valence-electron chi connectivity index (χ4n) is 3.22. The number of hydrogen-bond donors (Lipinski definition) is 2. The van der Waals surface area contributed by atoms with E-state index in [9.17, 15) is 35.5 Å². The maximum absolute atomic E-state index is 14.0. The van der Waals surface area contributed by atoms with Crippen LogP contribution in [0.1, 0.15) is 30.1 Å². The predicted octanol–water partition coefficient (Wildman–Crippen LogP) is 2.34. The zero-order valence-corrected chi connectivity index (χ0v) is 14.1. The minimum atomic E-state index is -5.90. The summed E-state index contributed by atoms with van der Waals surface area (Å²) in [6.45, 7) is 1.19. The molecule has 1 aliphatic heterocycles. The van der Waals surface area contributed by atoms with E-state index in [4.69, 9.17) is 4.74 Å². The number of ether oxygens (including phenoxy) is 1. The number of aliphatic hydroxyl groups is 1. The van der Waals surface area contributed by atoms with Crippen LogP contribution in [0.5, 0.6) is 5.75 Å². The van der Waals surface area contributed by atoms with E-state index < -0.39 is 49.8 Å². The minimum Gasteiger partial charge on any atom is -0.489 e. The molecule has 11 heteroatoms. The number of fused-ring (bicyclic) bond motifs is 1. The SMILES string of the molecule is O=S(=O)(c1ccc(OC2CCCNC2)c2c1C(O)C(F)(F)C2)C(F)(F)F. The second kappa shape index (κ2) is 6.31. The van der Waals surface area contributed by atoms with E-state index in [1.54, 1.807) is 0 Å². The van der Waals surface area contributed by atoms with Crippen molar-refractivity contribution in [3.05, 3.63) is 23.3 Å². The molecule has 2 atom stereocenters. The molecule has 5 nitrogen and oxygen atoms in total. The maximum Gasteiger partial charge on any atom is 0.501 e. The van der Waals surface area contributed by atoms with Crippen molar-refractivity contribution in [3.63, 3.8) is 0 Å². The number of hydrogen-bond acceptors (Lipinski definition) is 5. The summed E-state index contributed by atoms with van der Waals surface area (Å²) in [6, 6.07) is 1.51. The lowest BCUT2D eigenvalue weighted by Crippen LogP contribution is -2.37. The summed E-state index contributed by atoms with van der Waals surface area (Å²) in [7, 11) is -5.90. The Balaban J connectivity index is 2.09. The summed E-state index contributed by atoms with van der Waals surface area (Å²) in [6.07, 6.45) is -2.75. The molecule has 1 saturated heterocycles. The number of benzene rings is 1. The Morgan fingerprint density at radius 2 is 1.96 bits per heavy atom. The third-order valence-electron chi connectivity index (χ3n) is 4.50. The molecular weight excluding hydrogens is 385 g/mol. The number of sulfone groups is 1. The highest BCUT2D eigenvalue weighted by Crippen LogP contribution is 2.50. The van der Waals surface area contributed by atoms with Crippen LogP contribution < -0.4 is 10.1 Å². The largest absolute Gasteiger partial charge is 0.501 e. The summed E-state index contributed by atoms with van der Waals surface area (Å²) in [5.41, 5.74) is -7.01. The van der Waals surface area contributed by atoms with Gasteiger partial charge in [0.25, 0.3) is 15.8 Å². The first-order valence-electron chi connectivity index (χ1n) is 7.85. The number of piperidine rings is 1. The molecule has 1 aliphatic carbocycles. The van der Waals surface area contributed by atoms with Gasteiger partial charge in [-0.15, -0.1) is 0 Å². The van der Waals surface area contributed by atoms with E-state index >= 15 is 0 Å². The van der Waals surface area contributed by atoms with E-state index in [2.05, 4.69) is 5.32 Å². The van der Waals surface area contributed by atoms with E-state index in [0.717, 1.165) is 19.0 Å². The van der Waals surface area contributed by atoms with Crippen molar-refractivity contribution in [2.24, 2.45) is 0 Å². The van der Waals surface area contributed by atoms with Crippen LogP contribution in [0.4, 0.5) is 22.0 Å². The number of aliphatic hydroxyl groups excluding tert-OH is 1. The first-order valence-corrected chi connectivity index (χ1v) is 9.34. The van der Waals surface area contributed by atoms with E-state index in [0.29, 0.717) is 19.0 Å². The van der Waals surface area contributed by atoms with Crippen molar-refractivity contribution in [2.75, 3.05) is 13.1 Å². The normalized spacial score (nSPS) is 25.8. The number of rotatable bonds is 3. The highest BCUT2D eigenvalue weighted by atomic mass is 32.2. The summed E-state index contributed by atoms with van der Waals surface area (Å²) < 4.78 is 95.7. The molecule has 0 bridgehead atoms. The smallest absolute Gasteiger partial charge is 0.489 e. The molecule has 0 radical (unpaired) electrons. The van der Waals surface area contributed by atoms with Crippen molar-refractivity contribution in [1.82, 2.24) is 5.32 Å². The molecule has 0 spiro atoms. The molecule has 1 heterocycles. The van der Waals surface area contributed by atoms with Crippen molar-refractivity contribution in [1.29, 1.82) is 0 Å². The number of alkyl halides is 5. The van der Waals surface area contributed by atoms with Gasteiger partial charge in [-0.3, -0.25) is 0 Å². The van der Waals surface area contributed by atoms with Gasteiger partial charge in [0, 0.05) is 24.1 Å². The molecule has 3 rings (SSSR count). The van der Waals surface area contributed by atoms with Gasteiger partial charge in [-0.05, 0) is 31.5 Å². The minimum absolute atomic E-state index is 0.133. The number of halogens is 5.